The number of hydrogen-bond donors (Lipinski definition) is 1. The molecule has 0 aliphatic rings. The maximum Gasteiger partial charge on any atom is 0.162 e. The van der Waals surface area contributed by atoms with Crippen LogP contribution in [0.3, 0.4) is 0 Å². The molecule has 0 saturated heterocycles. The van der Waals surface area contributed by atoms with Crippen LogP contribution in [0.1, 0.15) is 23.2 Å². The van der Waals surface area contributed by atoms with E-state index in [0.717, 1.165) is 12.2 Å². The molecule has 0 saturated carbocycles. The Morgan fingerprint density at radius 2 is 1.94 bits per heavy atom. The first-order valence-corrected chi connectivity index (χ1v) is 6.37. The van der Waals surface area contributed by atoms with Crippen LogP contribution in [0.2, 0.25) is 0 Å². The van der Waals surface area contributed by atoms with Crippen LogP contribution in [0, 0.1) is 5.82 Å². The van der Waals surface area contributed by atoms with Crippen molar-refractivity contribution in [2.45, 2.75) is 12.8 Å². The Labute approximate surface area is 98.9 Å². The molecule has 0 spiro atoms. The fraction of sp³-hybridized carbons (Fsp3) is 0.417. The van der Waals surface area contributed by atoms with Gasteiger partial charge in [-0.15, -0.1) is 0 Å². The largest absolute Gasteiger partial charge is 0.396 e. The summed E-state index contributed by atoms with van der Waals surface area (Å²) in [4.78, 5) is 11.6. The third-order valence-electron chi connectivity index (χ3n) is 2.09. The molecule has 0 fully saturated rings. The molecule has 0 radical (unpaired) electrons. The minimum absolute atomic E-state index is 0.0459. The lowest BCUT2D eigenvalue weighted by molar-refractivity contribution is 0.0982. The molecule has 0 bridgehead atoms. The number of aliphatic hydroxyl groups excluding tert-OH is 1. The lowest BCUT2D eigenvalue weighted by atomic mass is 10.1. The highest BCUT2D eigenvalue weighted by Gasteiger charge is 2.05. The Hall–Kier alpha value is -0.870. The molecule has 0 aliphatic carbocycles. The number of ketones is 1. The van der Waals surface area contributed by atoms with E-state index in [0.29, 0.717) is 17.7 Å². The molecule has 0 aliphatic heterocycles. The summed E-state index contributed by atoms with van der Waals surface area (Å²) in [5.41, 5.74) is 0.563. The molecule has 88 valence electrons. The van der Waals surface area contributed by atoms with Gasteiger partial charge in [0.25, 0.3) is 0 Å². The summed E-state index contributed by atoms with van der Waals surface area (Å²) >= 11 is 1.63. The van der Waals surface area contributed by atoms with Crippen molar-refractivity contribution in [2.75, 3.05) is 18.1 Å². The van der Waals surface area contributed by atoms with Gasteiger partial charge in [-0.1, -0.05) is 0 Å². The van der Waals surface area contributed by atoms with Gasteiger partial charge >= 0.3 is 0 Å². The number of aliphatic hydroxyl groups is 1. The van der Waals surface area contributed by atoms with Crippen LogP contribution in [0.5, 0.6) is 0 Å². The van der Waals surface area contributed by atoms with E-state index in [4.69, 9.17) is 5.11 Å². The maximum atomic E-state index is 12.6. The van der Waals surface area contributed by atoms with Gasteiger partial charge in [0.05, 0.1) is 6.61 Å². The molecule has 0 atom stereocenters. The van der Waals surface area contributed by atoms with Crippen molar-refractivity contribution in [1.82, 2.24) is 0 Å². The summed E-state index contributed by atoms with van der Waals surface area (Å²) in [5.74, 6) is 1.30. The second kappa shape index (κ2) is 7.41. The number of Topliss-reactive ketones (excluding diaryl/α,β-unsaturated/α-hetero) is 1. The van der Waals surface area contributed by atoms with Gasteiger partial charge in [-0.3, -0.25) is 4.79 Å². The molecule has 1 aromatic carbocycles. The van der Waals surface area contributed by atoms with Crippen molar-refractivity contribution in [2.24, 2.45) is 0 Å². The molecule has 0 heterocycles. The second-order valence-corrected chi connectivity index (χ2v) is 4.59. The number of carbonyl (C=O) groups excluding carboxylic acids is 1. The summed E-state index contributed by atoms with van der Waals surface area (Å²) in [6.07, 6.45) is 1.27. The fourth-order valence-corrected chi connectivity index (χ4v) is 1.96. The number of carbonyl (C=O) groups is 1. The zero-order chi connectivity index (χ0) is 11.8. The Kier molecular flexibility index (Phi) is 6.11. The van der Waals surface area contributed by atoms with Crippen LogP contribution < -0.4 is 0 Å². The number of rotatable bonds is 7. The minimum atomic E-state index is -0.324. The first-order valence-electron chi connectivity index (χ1n) is 5.21. The van der Waals surface area contributed by atoms with Crippen molar-refractivity contribution in [3.8, 4) is 0 Å². The topological polar surface area (TPSA) is 37.3 Å². The number of benzene rings is 1. The molecule has 2 nitrogen and oxygen atoms in total. The van der Waals surface area contributed by atoms with Gasteiger partial charge < -0.3 is 5.11 Å². The van der Waals surface area contributed by atoms with E-state index in [-0.39, 0.29) is 18.2 Å². The van der Waals surface area contributed by atoms with Crippen LogP contribution in [0.15, 0.2) is 24.3 Å². The third-order valence-corrected chi connectivity index (χ3v) is 3.14. The highest BCUT2D eigenvalue weighted by atomic mass is 32.2. The molecular formula is C12H15FO2S. The van der Waals surface area contributed by atoms with Crippen LogP contribution in [-0.2, 0) is 0 Å². The first kappa shape index (κ1) is 13.2. The Morgan fingerprint density at radius 1 is 1.25 bits per heavy atom. The van der Waals surface area contributed by atoms with E-state index in [1.54, 1.807) is 11.8 Å². The predicted molar refractivity (Wildman–Crippen MR) is 64.4 cm³/mol. The monoisotopic (exact) mass is 242 g/mol. The van der Waals surface area contributed by atoms with Gasteiger partial charge in [-0.25, -0.2) is 4.39 Å². The third kappa shape index (κ3) is 4.77. The van der Waals surface area contributed by atoms with Gasteiger partial charge in [0.15, 0.2) is 5.78 Å². The second-order valence-electron chi connectivity index (χ2n) is 3.37. The summed E-state index contributed by atoms with van der Waals surface area (Å²) in [7, 11) is 0. The number of thioether (sulfide) groups is 1. The van der Waals surface area contributed by atoms with Gasteiger partial charge in [0, 0.05) is 17.7 Å². The lowest BCUT2D eigenvalue weighted by Gasteiger charge is -2.01. The molecule has 16 heavy (non-hydrogen) atoms. The number of hydrogen-bond acceptors (Lipinski definition) is 3. The van der Waals surface area contributed by atoms with E-state index in [2.05, 4.69) is 0 Å². The van der Waals surface area contributed by atoms with E-state index in [9.17, 15) is 9.18 Å². The summed E-state index contributed by atoms with van der Waals surface area (Å²) in [6, 6.07) is 5.62. The molecule has 1 rings (SSSR count). The molecule has 4 heteroatoms. The summed E-state index contributed by atoms with van der Waals surface area (Å²) in [5, 5.41) is 8.56. The average Bonchev–Trinajstić information content (AvgIpc) is 2.29. The normalized spacial score (nSPS) is 10.4. The van der Waals surface area contributed by atoms with E-state index < -0.39 is 0 Å². The van der Waals surface area contributed by atoms with Gasteiger partial charge in [0.2, 0.25) is 0 Å². The highest BCUT2D eigenvalue weighted by Crippen LogP contribution is 2.10. The zero-order valence-corrected chi connectivity index (χ0v) is 9.80. The van der Waals surface area contributed by atoms with Crippen LogP contribution in [-0.4, -0.2) is 29.0 Å². The summed E-state index contributed by atoms with van der Waals surface area (Å²) < 4.78 is 12.6. The smallest absolute Gasteiger partial charge is 0.162 e. The molecule has 1 aromatic rings. The van der Waals surface area contributed by atoms with Crippen molar-refractivity contribution >= 4 is 17.5 Å². The quantitative estimate of drug-likeness (QED) is 0.589. The molecule has 0 amide bonds. The SMILES string of the molecule is O=C(CCCSCCO)c1ccc(F)cc1. The number of halogens is 1. The minimum Gasteiger partial charge on any atom is -0.396 e. The molecular weight excluding hydrogens is 227 g/mol. The highest BCUT2D eigenvalue weighted by molar-refractivity contribution is 7.99. The summed E-state index contributed by atoms with van der Waals surface area (Å²) in [6.45, 7) is 0.177. The van der Waals surface area contributed by atoms with Crippen molar-refractivity contribution in [3.63, 3.8) is 0 Å². The van der Waals surface area contributed by atoms with Crippen LogP contribution in [0.25, 0.3) is 0 Å². The Bertz CT molecular complexity index is 324. The van der Waals surface area contributed by atoms with E-state index in [1.165, 1.54) is 24.3 Å². The first-order chi connectivity index (χ1) is 7.74. The standard InChI is InChI=1S/C12H15FO2S/c13-11-5-3-10(4-6-11)12(15)2-1-8-16-9-7-14/h3-6,14H,1-2,7-9H2. The molecule has 0 aromatic heterocycles. The molecule has 0 unspecified atom stereocenters. The average molecular weight is 242 g/mol. The maximum absolute atomic E-state index is 12.6. The Morgan fingerprint density at radius 3 is 2.56 bits per heavy atom. The Balaban J connectivity index is 2.27. The predicted octanol–water partition coefficient (Wildman–Crippen LogP) is 2.51. The lowest BCUT2D eigenvalue weighted by Crippen LogP contribution is -2.00. The van der Waals surface area contributed by atoms with Crippen molar-refractivity contribution in [3.05, 3.63) is 35.6 Å². The van der Waals surface area contributed by atoms with Crippen molar-refractivity contribution in [1.29, 1.82) is 0 Å². The van der Waals surface area contributed by atoms with Crippen molar-refractivity contribution < 1.29 is 14.3 Å². The zero-order valence-electron chi connectivity index (χ0n) is 8.99. The van der Waals surface area contributed by atoms with E-state index in [1.807, 2.05) is 0 Å². The van der Waals surface area contributed by atoms with E-state index >= 15 is 0 Å². The van der Waals surface area contributed by atoms with Crippen LogP contribution >= 0.6 is 11.8 Å². The van der Waals surface area contributed by atoms with Gasteiger partial charge in [0.1, 0.15) is 5.82 Å². The van der Waals surface area contributed by atoms with Gasteiger partial charge in [-0.05, 0) is 36.4 Å². The van der Waals surface area contributed by atoms with Gasteiger partial charge in [-0.2, -0.15) is 11.8 Å². The van der Waals surface area contributed by atoms with Crippen LogP contribution in [0.4, 0.5) is 4.39 Å². The molecule has 1 N–H and O–H groups in total. The fourth-order valence-electron chi connectivity index (χ4n) is 1.28.